The number of pyridine rings is 1. The lowest BCUT2D eigenvalue weighted by atomic mass is 10.1. The number of rotatable bonds is 7. The van der Waals surface area contributed by atoms with Gasteiger partial charge in [-0.05, 0) is 48.7 Å². The highest BCUT2D eigenvalue weighted by molar-refractivity contribution is 7.98. The molecule has 0 saturated carbocycles. The van der Waals surface area contributed by atoms with Crippen molar-refractivity contribution in [2.75, 3.05) is 0 Å². The standard InChI is InChI=1S/C23H21ClN4OS/c1-16-7-6-8-17(2)22(16)29-14-21-26-27-23(28(21)19-9-4-3-5-10-19)30-15-18-11-12-20(24)25-13-18/h3-13H,14-15H2,1-2H3. The van der Waals surface area contributed by atoms with Crippen LogP contribution in [0.1, 0.15) is 22.5 Å². The minimum atomic E-state index is 0.330. The molecular weight excluding hydrogens is 416 g/mol. The molecule has 0 unspecified atom stereocenters. The predicted octanol–water partition coefficient (Wildman–Crippen LogP) is 5.80. The molecule has 0 N–H and O–H groups in total. The first-order chi connectivity index (χ1) is 14.6. The maximum atomic E-state index is 6.15. The van der Waals surface area contributed by atoms with Crippen LogP contribution in [0.2, 0.25) is 5.15 Å². The molecule has 2 aromatic heterocycles. The number of hydrogen-bond acceptors (Lipinski definition) is 5. The highest BCUT2D eigenvalue weighted by atomic mass is 35.5. The molecule has 2 aromatic carbocycles. The minimum Gasteiger partial charge on any atom is -0.485 e. The molecule has 0 saturated heterocycles. The molecule has 4 aromatic rings. The number of thioether (sulfide) groups is 1. The quantitative estimate of drug-likeness (QED) is 0.270. The first-order valence-electron chi connectivity index (χ1n) is 9.54. The maximum absolute atomic E-state index is 6.15. The van der Waals surface area contributed by atoms with Crippen molar-refractivity contribution in [3.63, 3.8) is 0 Å². The maximum Gasteiger partial charge on any atom is 0.196 e. The Morgan fingerprint density at radius 2 is 1.70 bits per heavy atom. The first kappa shape index (κ1) is 20.4. The molecular formula is C23H21ClN4OS. The third-order valence-corrected chi connectivity index (χ3v) is 5.85. The van der Waals surface area contributed by atoms with Crippen molar-refractivity contribution in [3.05, 3.63) is 94.5 Å². The summed E-state index contributed by atoms with van der Waals surface area (Å²) in [5.74, 6) is 2.36. The van der Waals surface area contributed by atoms with Crippen LogP contribution in [-0.2, 0) is 12.4 Å². The second-order valence-electron chi connectivity index (χ2n) is 6.86. The van der Waals surface area contributed by atoms with Crippen molar-refractivity contribution in [1.29, 1.82) is 0 Å². The van der Waals surface area contributed by atoms with E-state index in [1.165, 1.54) is 0 Å². The minimum absolute atomic E-state index is 0.330. The molecule has 0 radical (unpaired) electrons. The smallest absolute Gasteiger partial charge is 0.196 e. The Morgan fingerprint density at radius 1 is 0.933 bits per heavy atom. The van der Waals surface area contributed by atoms with Crippen molar-refractivity contribution >= 4 is 23.4 Å². The molecule has 0 spiro atoms. The van der Waals surface area contributed by atoms with Crippen molar-refractivity contribution in [3.8, 4) is 11.4 Å². The molecule has 7 heteroatoms. The Bertz CT molecular complexity index is 1110. The van der Waals surface area contributed by atoms with Gasteiger partial charge in [0.05, 0.1) is 0 Å². The molecule has 0 atom stereocenters. The van der Waals surface area contributed by atoms with Gasteiger partial charge in [0.1, 0.15) is 17.5 Å². The molecule has 0 bridgehead atoms. The fraction of sp³-hybridized carbons (Fsp3) is 0.174. The third-order valence-electron chi connectivity index (χ3n) is 4.63. The van der Waals surface area contributed by atoms with E-state index in [-0.39, 0.29) is 0 Å². The predicted molar refractivity (Wildman–Crippen MR) is 120 cm³/mol. The van der Waals surface area contributed by atoms with Crippen molar-refractivity contribution < 1.29 is 4.74 Å². The highest BCUT2D eigenvalue weighted by Gasteiger charge is 2.16. The van der Waals surface area contributed by atoms with Gasteiger partial charge in [0, 0.05) is 17.6 Å². The van der Waals surface area contributed by atoms with Gasteiger partial charge in [0.25, 0.3) is 0 Å². The van der Waals surface area contributed by atoms with Gasteiger partial charge in [-0.15, -0.1) is 10.2 Å². The zero-order valence-electron chi connectivity index (χ0n) is 16.7. The Morgan fingerprint density at radius 3 is 2.40 bits per heavy atom. The van der Waals surface area contributed by atoms with Crippen LogP contribution in [0, 0.1) is 13.8 Å². The third kappa shape index (κ3) is 4.66. The summed E-state index contributed by atoms with van der Waals surface area (Å²) < 4.78 is 8.19. The van der Waals surface area contributed by atoms with Crippen molar-refractivity contribution in [1.82, 2.24) is 19.7 Å². The molecule has 30 heavy (non-hydrogen) atoms. The number of para-hydroxylation sites is 2. The Labute approximate surface area is 185 Å². The van der Waals surface area contributed by atoms with E-state index in [1.54, 1.807) is 24.0 Å². The summed E-state index contributed by atoms with van der Waals surface area (Å²) in [6.07, 6.45) is 1.78. The fourth-order valence-electron chi connectivity index (χ4n) is 3.13. The number of nitrogens with zero attached hydrogens (tertiary/aromatic N) is 4. The monoisotopic (exact) mass is 436 g/mol. The molecule has 152 valence electrons. The van der Waals surface area contributed by atoms with Gasteiger partial charge < -0.3 is 4.74 Å². The zero-order valence-corrected chi connectivity index (χ0v) is 18.3. The van der Waals surface area contributed by atoms with Crippen LogP contribution in [0.3, 0.4) is 0 Å². The van der Waals surface area contributed by atoms with E-state index in [1.807, 2.05) is 73.0 Å². The van der Waals surface area contributed by atoms with Gasteiger partial charge in [-0.3, -0.25) is 4.57 Å². The van der Waals surface area contributed by atoms with E-state index in [2.05, 4.69) is 15.2 Å². The molecule has 0 aliphatic heterocycles. The SMILES string of the molecule is Cc1cccc(C)c1OCc1nnc(SCc2ccc(Cl)nc2)n1-c1ccccc1. The lowest BCUT2D eigenvalue weighted by molar-refractivity contribution is 0.289. The number of hydrogen-bond donors (Lipinski definition) is 0. The Balaban J connectivity index is 1.60. The molecule has 0 fully saturated rings. The summed E-state index contributed by atoms with van der Waals surface area (Å²) in [5, 5.41) is 10.1. The molecule has 2 heterocycles. The first-order valence-corrected chi connectivity index (χ1v) is 10.9. The lowest BCUT2D eigenvalue weighted by Gasteiger charge is -2.13. The molecule has 0 aliphatic carbocycles. The normalized spacial score (nSPS) is 10.9. The van der Waals surface area contributed by atoms with E-state index in [0.29, 0.717) is 17.5 Å². The van der Waals surface area contributed by atoms with Crippen molar-refractivity contribution in [2.45, 2.75) is 31.4 Å². The average Bonchev–Trinajstić information content (AvgIpc) is 3.16. The highest BCUT2D eigenvalue weighted by Crippen LogP contribution is 2.27. The molecule has 5 nitrogen and oxygen atoms in total. The Kier molecular flexibility index (Phi) is 6.35. The van der Waals surface area contributed by atoms with E-state index in [0.717, 1.165) is 39.1 Å². The van der Waals surface area contributed by atoms with E-state index in [9.17, 15) is 0 Å². The molecule has 4 rings (SSSR count). The van der Waals surface area contributed by atoms with Gasteiger partial charge >= 0.3 is 0 Å². The summed E-state index contributed by atoms with van der Waals surface area (Å²) in [4.78, 5) is 4.15. The second-order valence-corrected chi connectivity index (χ2v) is 8.19. The molecule has 0 amide bonds. The van der Waals surface area contributed by atoms with Gasteiger partial charge in [-0.25, -0.2) is 4.98 Å². The molecule has 0 aliphatic rings. The lowest BCUT2D eigenvalue weighted by Crippen LogP contribution is -2.07. The topological polar surface area (TPSA) is 52.8 Å². The Hall–Kier alpha value is -2.83. The summed E-state index contributed by atoms with van der Waals surface area (Å²) in [6.45, 7) is 4.42. The van der Waals surface area contributed by atoms with Gasteiger partial charge in [-0.2, -0.15) is 0 Å². The van der Waals surface area contributed by atoms with Crippen LogP contribution < -0.4 is 4.74 Å². The number of benzene rings is 2. The largest absolute Gasteiger partial charge is 0.485 e. The van der Waals surface area contributed by atoms with Crippen LogP contribution in [0.15, 0.2) is 72.0 Å². The number of halogens is 1. The van der Waals surface area contributed by atoms with Crippen LogP contribution in [-0.4, -0.2) is 19.7 Å². The summed E-state index contributed by atoms with van der Waals surface area (Å²) >= 11 is 7.49. The number of aromatic nitrogens is 4. The zero-order chi connectivity index (χ0) is 20.9. The number of ether oxygens (including phenoxy) is 1. The summed E-state index contributed by atoms with van der Waals surface area (Å²) in [7, 11) is 0. The second kappa shape index (κ2) is 9.32. The average molecular weight is 437 g/mol. The van der Waals surface area contributed by atoms with Crippen LogP contribution in [0.25, 0.3) is 5.69 Å². The van der Waals surface area contributed by atoms with Gasteiger partial charge in [0.15, 0.2) is 11.0 Å². The van der Waals surface area contributed by atoms with Crippen LogP contribution >= 0.6 is 23.4 Å². The van der Waals surface area contributed by atoms with E-state index >= 15 is 0 Å². The summed E-state index contributed by atoms with van der Waals surface area (Å²) in [6, 6.07) is 20.0. The van der Waals surface area contributed by atoms with E-state index in [4.69, 9.17) is 16.3 Å². The summed E-state index contributed by atoms with van der Waals surface area (Å²) in [5.41, 5.74) is 4.27. The van der Waals surface area contributed by atoms with Crippen LogP contribution in [0.4, 0.5) is 0 Å². The van der Waals surface area contributed by atoms with Gasteiger partial charge in [-0.1, -0.05) is 65.8 Å². The fourth-order valence-corrected chi connectivity index (χ4v) is 4.14. The van der Waals surface area contributed by atoms with E-state index < -0.39 is 0 Å². The van der Waals surface area contributed by atoms with Crippen LogP contribution in [0.5, 0.6) is 5.75 Å². The van der Waals surface area contributed by atoms with Gasteiger partial charge in [0.2, 0.25) is 0 Å². The van der Waals surface area contributed by atoms with Crippen molar-refractivity contribution in [2.24, 2.45) is 0 Å². The number of aryl methyl sites for hydroxylation is 2.